The highest BCUT2D eigenvalue weighted by Crippen LogP contribution is 2.31. The van der Waals surface area contributed by atoms with E-state index in [2.05, 4.69) is 21.9 Å². The quantitative estimate of drug-likeness (QED) is 0.602. The van der Waals surface area contributed by atoms with Gasteiger partial charge in [-0.05, 0) is 37.2 Å². The fraction of sp³-hybridized carbons (Fsp3) is 0.312. The van der Waals surface area contributed by atoms with Gasteiger partial charge in [0.2, 0.25) is 5.91 Å². The third-order valence-electron chi connectivity index (χ3n) is 3.17. The number of carbonyl (C=O) groups is 1. The van der Waals surface area contributed by atoms with Crippen molar-refractivity contribution in [3.05, 3.63) is 42.6 Å². The molecule has 0 bridgehead atoms. The van der Waals surface area contributed by atoms with Gasteiger partial charge in [-0.3, -0.25) is 9.78 Å². The van der Waals surface area contributed by atoms with Crippen molar-refractivity contribution >= 4 is 33.4 Å². The molecule has 128 valence electrons. The van der Waals surface area contributed by atoms with Gasteiger partial charge in [0.15, 0.2) is 0 Å². The summed E-state index contributed by atoms with van der Waals surface area (Å²) in [5.41, 5.74) is 1.20. The SMILES string of the molecule is C=CC[S+]([O-])CC(C)C(=O)Nc1sc(-c2cncc(F)c2)nc1C. The number of pyridine rings is 1. The number of aromatic nitrogens is 2. The Morgan fingerprint density at radius 1 is 1.58 bits per heavy atom. The van der Waals surface area contributed by atoms with Crippen molar-refractivity contribution in [2.24, 2.45) is 5.92 Å². The number of nitrogens with one attached hydrogen (secondary N) is 1. The molecule has 2 aromatic rings. The van der Waals surface area contributed by atoms with Crippen LogP contribution in [-0.4, -0.2) is 31.9 Å². The highest BCUT2D eigenvalue weighted by molar-refractivity contribution is 7.91. The second-order valence-electron chi connectivity index (χ2n) is 5.28. The molecule has 0 saturated carbocycles. The van der Waals surface area contributed by atoms with E-state index in [1.165, 1.54) is 23.6 Å². The van der Waals surface area contributed by atoms with Crippen molar-refractivity contribution in [3.8, 4) is 10.6 Å². The Kier molecular flexibility index (Phi) is 6.47. The molecule has 0 aromatic carbocycles. The van der Waals surface area contributed by atoms with E-state index in [9.17, 15) is 13.7 Å². The van der Waals surface area contributed by atoms with Crippen LogP contribution in [0.3, 0.4) is 0 Å². The van der Waals surface area contributed by atoms with Crippen molar-refractivity contribution in [1.29, 1.82) is 0 Å². The summed E-state index contributed by atoms with van der Waals surface area (Å²) in [4.78, 5) is 20.4. The van der Waals surface area contributed by atoms with E-state index >= 15 is 0 Å². The Morgan fingerprint density at radius 3 is 3.00 bits per heavy atom. The van der Waals surface area contributed by atoms with E-state index in [1.54, 1.807) is 19.9 Å². The molecule has 0 aliphatic heterocycles. The predicted molar refractivity (Wildman–Crippen MR) is 95.9 cm³/mol. The number of carbonyl (C=O) groups excluding carboxylic acids is 1. The van der Waals surface area contributed by atoms with Crippen LogP contribution in [0.15, 0.2) is 31.1 Å². The summed E-state index contributed by atoms with van der Waals surface area (Å²) in [7, 11) is 0. The molecule has 1 N–H and O–H groups in total. The van der Waals surface area contributed by atoms with Crippen molar-refractivity contribution in [1.82, 2.24) is 9.97 Å². The Bertz CT molecular complexity index is 736. The van der Waals surface area contributed by atoms with Crippen LogP contribution in [0.2, 0.25) is 0 Å². The number of hydrogen-bond acceptors (Lipinski definition) is 5. The second-order valence-corrected chi connectivity index (χ2v) is 7.82. The molecule has 0 spiro atoms. The number of anilines is 1. The monoisotopic (exact) mass is 367 g/mol. The lowest BCUT2D eigenvalue weighted by atomic mass is 10.2. The summed E-state index contributed by atoms with van der Waals surface area (Å²) < 4.78 is 25.0. The lowest BCUT2D eigenvalue weighted by Crippen LogP contribution is -2.27. The molecular weight excluding hydrogens is 349 g/mol. The normalized spacial score (nSPS) is 13.3. The maximum absolute atomic E-state index is 13.3. The average molecular weight is 367 g/mol. The van der Waals surface area contributed by atoms with Gasteiger partial charge in [-0.25, -0.2) is 9.37 Å². The minimum atomic E-state index is -1.10. The first-order valence-corrected chi connectivity index (χ1v) is 9.56. The Hall–Kier alpha value is -1.77. The summed E-state index contributed by atoms with van der Waals surface area (Å²) in [6.07, 6.45) is 4.22. The third-order valence-corrected chi connectivity index (χ3v) is 5.77. The number of amides is 1. The summed E-state index contributed by atoms with van der Waals surface area (Å²) in [5.74, 6) is -0.413. The first-order valence-electron chi connectivity index (χ1n) is 7.25. The molecule has 1 amide bonds. The lowest BCUT2D eigenvalue weighted by molar-refractivity contribution is -0.118. The van der Waals surface area contributed by atoms with Gasteiger partial charge in [0, 0.05) is 11.8 Å². The molecule has 0 aliphatic rings. The zero-order valence-electron chi connectivity index (χ0n) is 13.4. The first kappa shape index (κ1) is 18.6. The Balaban J connectivity index is 2.07. The van der Waals surface area contributed by atoms with Gasteiger partial charge in [-0.15, -0.1) is 0 Å². The lowest BCUT2D eigenvalue weighted by Gasteiger charge is -2.14. The smallest absolute Gasteiger partial charge is 0.232 e. The van der Waals surface area contributed by atoms with Gasteiger partial charge in [-0.1, -0.05) is 17.9 Å². The van der Waals surface area contributed by atoms with Crippen LogP contribution >= 0.6 is 11.3 Å². The zero-order chi connectivity index (χ0) is 17.7. The minimum absolute atomic E-state index is 0.219. The molecule has 24 heavy (non-hydrogen) atoms. The van der Waals surface area contributed by atoms with E-state index in [0.717, 1.165) is 6.20 Å². The number of thiazole rings is 1. The zero-order valence-corrected chi connectivity index (χ0v) is 15.0. The highest BCUT2D eigenvalue weighted by atomic mass is 32.2. The van der Waals surface area contributed by atoms with E-state index in [4.69, 9.17) is 0 Å². The molecule has 0 saturated heterocycles. The summed E-state index contributed by atoms with van der Waals surface area (Å²) in [6.45, 7) is 7.03. The van der Waals surface area contributed by atoms with E-state index in [0.29, 0.717) is 27.0 Å². The summed E-state index contributed by atoms with van der Waals surface area (Å²) >= 11 is 0.152. The average Bonchev–Trinajstić information content (AvgIpc) is 2.88. The van der Waals surface area contributed by atoms with Gasteiger partial charge in [0.1, 0.15) is 27.3 Å². The van der Waals surface area contributed by atoms with E-state index < -0.39 is 22.9 Å². The largest absolute Gasteiger partial charge is 0.616 e. The van der Waals surface area contributed by atoms with E-state index in [-0.39, 0.29) is 11.7 Å². The maximum Gasteiger partial charge on any atom is 0.232 e. The molecule has 5 nitrogen and oxygen atoms in total. The summed E-state index contributed by atoms with van der Waals surface area (Å²) in [5, 5.41) is 3.98. The number of aryl methyl sites for hydroxylation is 1. The van der Waals surface area contributed by atoms with Crippen LogP contribution in [0.4, 0.5) is 9.39 Å². The molecule has 2 atom stereocenters. The molecule has 2 heterocycles. The van der Waals surface area contributed by atoms with Crippen LogP contribution in [0.5, 0.6) is 0 Å². The van der Waals surface area contributed by atoms with Gasteiger partial charge < -0.3 is 9.87 Å². The van der Waals surface area contributed by atoms with E-state index in [1.807, 2.05) is 0 Å². The maximum atomic E-state index is 13.3. The van der Waals surface area contributed by atoms with Crippen molar-refractivity contribution in [2.75, 3.05) is 16.8 Å². The number of nitrogens with zero attached hydrogens (tertiary/aromatic N) is 2. The third kappa shape index (κ3) is 4.86. The molecule has 0 aliphatic carbocycles. The van der Waals surface area contributed by atoms with Crippen LogP contribution in [0.25, 0.3) is 10.6 Å². The molecule has 2 aromatic heterocycles. The number of rotatable bonds is 7. The molecule has 0 radical (unpaired) electrons. The molecule has 2 rings (SSSR count). The Labute approximate surface area is 147 Å². The van der Waals surface area contributed by atoms with Crippen molar-refractivity contribution in [2.45, 2.75) is 13.8 Å². The van der Waals surface area contributed by atoms with Crippen LogP contribution < -0.4 is 5.32 Å². The van der Waals surface area contributed by atoms with Gasteiger partial charge in [-0.2, -0.15) is 0 Å². The fourth-order valence-electron chi connectivity index (χ4n) is 1.95. The summed E-state index contributed by atoms with van der Waals surface area (Å²) in [6, 6.07) is 1.35. The number of halogens is 1. The molecule has 8 heteroatoms. The van der Waals surface area contributed by atoms with Crippen LogP contribution in [-0.2, 0) is 16.0 Å². The topological polar surface area (TPSA) is 77.9 Å². The van der Waals surface area contributed by atoms with Gasteiger partial charge in [0.25, 0.3) is 0 Å². The minimum Gasteiger partial charge on any atom is -0.616 e. The molecule has 0 fully saturated rings. The molecular formula is C16H18FN3O2S2. The predicted octanol–water partition coefficient (Wildman–Crippen LogP) is 3.16. The van der Waals surface area contributed by atoms with Gasteiger partial charge in [0.05, 0.1) is 17.8 Å². The highest BCUT2D eigenvalue weighted by Gasteiger charge is 2.21. The second kappa shape index (κ2) is 8.36. The van der Waals surface area contributed by atoms with Crippen molar-refractivity contribution < 1.29 is 13.7 Å². The Morgan fingerprint density at radius 2 is 2.33 bits per heavy atom. The molecule has 2 unspecified atom stereocenters. The van der Waals surface area contributed by atoms with Crippen LogP contribution in [0, 0.1) is 18.7 Å². The standard InChI is InChI=1S/C16H18FN3O2S2/c1-4-5-24(22)9-10(2)14(21)20-15-11(3)19-16(23-15)12-6-13(17)8-18-7-12/h4,6-8,10H,1,5,9H2,2-3H3,(H,20,21). The van der Waals surface area contributed by atoms with Gasteiger partial charge >= 0.3 is 0 Å². The fourth-order valence-corrected chi connectivity index (χ4v) is 4.01. The van der Waals surface area contributed by atoms with Crippen molar-refractivity contribution in [3.63, 3.8) is 0 Å². The number of hydrogen-bond donors (Lipinski definition) is 1. The first-order chi connectivity index (χ1) is 11.4. The van der Waals surface area contributed by atoms with Crippen LogP contribution in [0.1, 0.15) is 12.6 Å².